The van der Waals surface area contributed by atoms with E-state index in [2.05, 4.69) is 28.9 Å². The Kier molecular flexibility index (Phi) is 8.37. The molecular formula is C14H22N2O3S2. The second-order valence-electron chi connectivity index (χ2n) is 4.81. The van der Waals surface area contributed by atoms with Crippen molar-refractivity contribution in [2.75, 3.05) is 25.2 Å². The van der Waals surface area contributed by atoms with Crippen molar-refractivity contribution >= 4 is 35.0 Å². The van der Waals surface area contributed by atoms with Gasteiger partial charge in [0.25, 0.3) is 0 Å². The number of hydrogen-bond donors (Lipinski definition) is 1. The fourth-order valence-corrected chi connectivity index (χ4v) is 3.13. The summed E-state index contributed by atoms with van der Waals surface area (Å²) in [6.07, 6.45) is 1.17. The van der Waals surface area contributed by atoms with Gasteiger partial charge in [0.1, 0.15) is 0 Å². The molecule has 1 N–H and O–H groups in total. The summed E-state index contributed by atoms with van der Waals surface area (Å²) in [6, 6.07) is 0. The number of nitrogens with zero attached hydrogens (tertiary/aromatic N) is 1. The predicted molar refractivity (Wildman–Crippen MR) is 86.9 cm³/mol. The lowest BCUT2D eigenvalue weighted by Crippen LogP contribution is -2.26. The van der Waals surface area contributed by atoms with Gasteiger partial charge in [-0.1, -0.05) is 13.8 Å². The monoisotopic (exact) mass is 330 g/mol. The van der Waals surface area contributed by atoms with Crippen molar-refractivity contribution in [2.45, 2.75) is 32.6 Å². The van der Waals surface area contributed by atoms with Crippen LogP contribution in [-0.4, -0.2) is 42.0 Å². The molecule has 0 radical (unpaired) electrons. The Bertz CT molecular complexity index is 461. The average Bonchev–Trinajstić information content (AvgIpc) is 2.92. The largest absolute Gasteiger partial charge is 0.468 e. The van der Waals surface area contributed by atoms with Gasteiger partial charge >= 0.3 is 5.97 Å². The van der Waals surface area contributed by atoms with Gasteiger partial charge < -0.3 is 10.1 Å². The van der Waals surface area contributed by atoms with Crippen molar-refractivity contribution in [1.29, 1.82) is 0 Å². The number of carbonyl (C=O) groups is 2. The molecule has 1 rings (SSSR count). The number of esters is 1. The first-order valence-corrected chi connectivity index (χ1v) is 8.92. The molecule has 7 heteroatoms. The minimum absolute atomic E-state index is 0.00618. The number of aromatic nitrogens is 1. The third-order valence-electron chi connectivity index (χ3n) is 2.69. The maximum Gasteiger partial charge on any atom is 0.315 e. The highest BCUT2D eigenvalue weighted by atomic mass is 32.2. The summed E-state index contributed by atoms with van der Waals surface area (Å²) >= 11 is 3.07. The third kappa shape index (κ3) is 7.47. The molecule has 118 valence electrons. The zero-order valence-electron chi connectivity index (χ0n) is 12.7. The van der Waals surface area contributed by atoms with Crippen LogP contribution in [0.15, 0.2) is 5.38 Å². The van der Waals surface area contributed by atoms with Gasteiger partial charge in [-0.3, -0.25) is 9.59 Å². The van der Waals surface area contributed by atoms with Crippen LogP contribution < -0.4 is 5.32 Å². The summed E-state index contributed by atoms with van der Waals surface area (Å²) in [5.74, 6) is 1.11. The van der Waals surface area contributed by atoms with Crippen LogP contribution >= 0.6 is 23.1 Å². The minimum atomic E-state index is -0.259. The van der Waals surface area contributed by atoms with Gasteiger partial charge in [-0.25, -0.2) is 4.98 Å². The van der Waals surface area contributed by atoms with E-state index in [4.69, 9.17) is 0 Å². The van der Waals surface area contributed by atoms with E-state index >= 15 is 0 Å². The Morgan fingerprint density at radius 2 is 2.24 bits per heavy atom. The van der Waals surface area contributed by atoms with Crippen molar-refractivity contribution in [2.24, 2.45) is 0 Å². The number of amides is 1. The molecule has 0 atom stereocenters. The fraction of sp³-hybridized carbons (Fsp3) is 0.643. The number of thiazole rings is 1. The Hall–Kier alpha value is -1.08. The smallest absolute Gasteiger partial charge is 0.315 e. The SMILES string of the molecule is COC(=O)CSCCC(=O)NCCc1csc(C(C)C)n1. The number of hydrogen-bond acceptors (Lipinski definition) is 6. The number of rotatable bonds is 9. The van der Waals surface area contributed by atoms with Crippen LogP contribution in [0, 0.1) is 0 Å². The Balaban J connectivity index is 2.11. The van der Waals surface area contributed by atoms with Gasteiger partial charge in [0.05, 0.1) is 23.6 Å². The molecule has 0 aromatic carbocycles. The quantitative estimate of drug-likeness (QED) is 0.555. The Morgan fingerprint density at radius 3 is 2.86 bits per heavy atom. The van der Waals surface area contributed by atoms with Gasteiger partial charge in [0.15, 0.2) is 0 Å². The Morgan fingerprint density at radius 1 is 1.48 bits per heavy atom. The molecule has 0 saturated carbocycles. The molecule has 1 aromatic heterocycles. The highest BCUT2D eigenvalue weighted by molar-refractivity contribution is 7.99. The summed E-state index contributed by atoms with van der Waals surface area (Å²) in [5.41, 5.74) is 1.03. The lowest BCUT2D eigenvalue weighted by molar-refractivity contribution is -0.137. The highest BCUT2D eigenvalue weighted by Gasteiger charge is 2.07. The van der Waals surface area contributed by atoms with E-state index in [1.807, 2.05) is 5.38 Å². The van der Waals surface area contributed by atoms with Gasteiger partial charge in [-0.2, -0.15) is 0 Å². The first-order valence-electron chi connectivity index (χ1n) is 6.88. The van der Waals surface area contributed by atoms with Crippen molar-refractivity contribution in [1.82, 2.24) is 10.3 Å². The van der Waals surface area contributed by atoms with Gasteiger partial charge in [0, 0.05) is 36.4 Å². The number of thioether (sulfide) groups is 1. The van der Waals surface area contributed by atoms with Crippen LogP contribution in [0.1, 0.15) is 36.9 Å². The van der Waals surface area contributed by atoms with Crippen LogP contribution in [0.25, 0.3) is 0 Å². The Labute approximate surface area is 133 Å². The summed E-state index contributed by atoms with van der Waals surface area (Å²) in [6.45, 7) is 4.84. The first-order chi connectivity index (χ1) is 10.0. The van der Waals surface area contributed by atoms with Crippen LogP contribution in [0.3, 0.4) is 0 Å². The molecule has 1 heterocycles. The van der Waals surface area contributed by atoms with Crippen molar-refractivity contribution in [3.05, 3.63) is 16.1 Å². The van der Waals surface area contributed by atoms with E-state index in [1.54, 1.807) is 11.3 Å². The van der Waals surface area contributed by atoms with Crippen LogP contribution in [0.2, 0.25) is 0 Å². The van der Waals surface area contributed by atoms with E-state index in [-0.39, 0.29) is 11.9 Å². The topological polar surface area (TPSA) is 68.3 Å². The van der Waals surface area contributed by atoms with E-state index in [0.29, 0.717) is 30.4 Å². The lowest BCUT2D eigenvalue weighted by Gasteiger charge is -2.04. The van der Waals surface area contributed by atoms with Crippen molar-refractivity contribution in [3.63, 3.8) is 0 Å². The van der Waals surface area contributed by atoms with Crippen LogP contribution in [-0.2, 0) is 20.7 Å². The molecule has 0 aliphatic carbocycles. The van der Waals surface area contributed by atoms with Crippen LogP contribution in [0.4, 0.5) is 0 Å². The molecular weight excluding hydrogens is 308 g/mol. The molecule has 0 spiro atoms. The molecule has 0 fully saturated rings. The normalized spacial score (nSPS) is 10.7. The lowest BCUT2D eigenvalue weighted by atomic mass is 10.2. The summed E-state index contributed by atoms with van der Waals surface area (Å²) in [5, 5.41) is 6.05. The van der Waals surface area contributed by atoms with Crippen LogP contribution in [0.5, 0.6) is 0 Å². The predicted octanol–water partition coefficient (Wildman–Crippen LogP) is 2.22. The van der Waals surface area contributed by atoms with E-state index < -0.39 is 0 Å². The zero-order chi connectivity index (χ0) is 15.7. The number of ether oxygens (including phenoxy) is 1. The summed E-state index contributed by atoms with van der Waals surface area (Å²) in [7, 11) is 1.36. The van der Waals surface area contributed by atoms with Gasteiger partial charge in [0.2, 0.25) is 5.91 Å². The minimum Gasteiger partial charge on any atom is -0.468 e. The summed E-state index contributed by atoms with van der Waals surface area (Å²) in [4.78, 5) is 27.0. The molecule has 0 aliphatic rings. The second kappa shape index (κ2) is 9.78. The van der Waals surface area contributed by atoms with E-state index in [1.165, 1.54) is 18.9 Å². The molecule has 21 heavy (non-hydrogen) atoms. The maximum atomic E-state index is 11.6. The molecule has 5 nitrogen and oxygen atoms in total. The van der Waals surface area contributed by atoms with Gasteiger partial charge in [-0.05, 0) is 0 Å². The molecule has 0 aliphatic heterocycles. The highest BCUT2D eigenvalue weighted by Crippen LogP contribution is 2.19. The standard InChI is InChI=1S/C14H22N2O3S2/c1-10(2)14-16-11(8-21-14)4-6-15-12(17)5-7-20-9-13(18)19-3/h8,10H,4-7,9H2,1-3H3,(H,15,17). The number of nitrogens with one attached hydrogen (secondary N) is 1. The molecule has 1 amide bonds. The summed E-state index contributed by atoms with van der Waals surface area (Å²) < 4.78 is 4.52. The first kappa shape index (κ1) is 18.0. The fourth-order valence-electron chi connectivity index (χ4n) is 1.50. The van der Waals surface area contributed by atoms with E-state index in [9.17, 15) is 9.59 Å². The van der Waals surface area contributed by atoms with E-state index in [0.717, 1.165) is 17.1 Å². The maximum absolute atomic E-state index is 11.6. The van der Waals surface area contributed by atoms with Crippen molar-refractivity contribution < 1.29 is 14.3 Å². The average molecular weight is 330 g/mol. The number of carbonyl (C=O) groups excluding carboxylic acids is 2. The van der Waals surface area contributed by atoms with Gasteiger partial charge in [-0.15, -0.1) is 23.1 Å². The van der Waals surface area contributed by atoms with Crippen molar-refractivity contribution in [3.8, 4) is 0 Å². The molecule has 1 aromatic rings. The number of methoxy groups -OCH3 is 1. The molecule has 0 saturated heterocycles. The third-order valence-corrected chi connectivity index (χ3v) is 4.81. The molecule has 0 bridgehead atoms. The zero-order valence-corrected chi connectivity index (χ0v) is 14.3. The molecule has 0 unspecified atom stereocenters. The second-order valence-corrected chi connectivity index (χ2v) is 6.81.